The number of piperidine rings is 1. The van der Waals surface area contributed by atoms with E-state index in [1.165, 1.54) is 29.5 Å². The second-order valence-electron chi connectivity index (χ2n) is 6.12. The number of rotatable bonds is 1. The fourth-order valence-corrected chi connectivity index (χ4v) is 3.48. The molecule has 0 aromatic carbocycles. The van der Waals surface area contributed by atoms with Crippen molar-refractivity contribution in [3.8, 4) is 0 Å². The van der Waals surface area contributed by atoms with Crippen LogP contribution >= 0.6 is 0 Å². The van der Waals surface area contributed by atoms with Crippen molar-refractivity contribution >= 4 is 22.9 Å². The van der Waals surface area contributed by atoms with E-state index < -0.39 is 0 Å². The number of aromatic amines is 1. The maximum Gasteiger partial charge on any atom is 0.143 e. The zero-order valence-electron chi connectivity index (χ0n) is 12.3. The van der Waals surface area contributed by atoms with Crippen LogP contribution in [-0.2, 0) is 6.42 Å². The molecule has 4 rings (SSSR count). The largest absolute Gasteiger partial charge is 0.356 e. The summed E-state index contributed by atoms with van der Waals surface area (Å²) in [6, 6.07) is 0. The van der Waals surface area contributed by atoms with Crippen LogP contribution in [0.15, 0.2) is 24.6 Å². The van der Waals surface area contributed by atoms with Gasteiger partial charge in [-0.05, 0) is 36.8 Å². The average Bonchev–Trinajstić information content (AvgIpc) is 2.69. The van der Waals surface area contributed by atoms with Gasteiger partial charge in [0.25, 0.3) is 0 Å². The quantitative estimate of drug-likeness (QED) is 0.871. The number of fused-ring (bicyclic) bond motifs is 3. The van der Waals surface area contributed by atoms with Gasteiger partial charge in [0.1, 0.15) is 17.8 Å². The number of hydrogen-bond acceptors (Lipinski definition) is 3. The molecular weight excluding hydrogens is 260 g/mol. The molecule has 2 aromatic heterocycles. The fraction of sp³-hybridized carbons (Fsp3) is 0.412. The van der Waals surface area contributed by atoms with Crippen molar-refractivity contribution in [2.24, 2.45) is 5.92 Å². The highest BCUT2D eigenvalue weighted by Crippen LogP contribution is 2.33. The fourth-order valence-electron chi connectivity index (χ4n) is 3.48. The predicted octanol–water partition coefficient (Wildman–Crippen LogP) is 3.32. The van der Waals surface area contributed by atoms with Crippen molar-refractivity contribution in [3.05, 3.63) is 35.8 Å². The van der Waals surface area contributed by atoms with E-state index in [4.69, 9.17) is 0 Å². The van der Waals surface area contributed by atoms with Crippen molar-refractivity contribution in [2.75, 3.05) is 18.0 Å². The number of hydrogen-bond donors (Lipinski definition) is 1. The molecule has 0 radical (unpaired) electrons. The van der Waals surface area contributed by atoms with Crippen LogP contribution in [0, 0.1) is 5.92 Å². The molecule has 1 saturated heterocycles. The van der Waals surface area contributed by atoms with Crippen molar-refractivity contribution < 1.29 is 0 Å². The molecule has 3 heterocycles. The van der Waals surface area contributed by atoms with E-state index in [-0.39, 0.29) is 0 Å². The number of aromatic nitrogens is 3. The molecule has 1 aliphatic heterocycles. The summed E-state index contributed by atoms with van der Waals surface area (Å²) in [5.74, 6) is 1.84. The van der Waals surface area contributed by atoms with Gasteiger partial charge in [0.15, 0.2) is 0 Å². The number of H-pyrrole nitrogens is 1. The molecule has 1 unspecified atom stereocenters. The molecule has 1 aliphatic carbocycles. The summed E-state index contributed by atoms with van der Waals surface area (Å²) < 4.78 is 0. The molecule has 4 nitrogen and oxygen atoms in total. The van der Waals surface area contributed by atoms with E-state index in [9.17, 15) is 0 Å². The van der Waals surface area contributed by atoms with Crippen LogP contribution in [0.2, 0.25) is 0 Å². The Hall–Kier alpha value is -2.10. The van der Waals surface area contributed by atoms with Crippen LogP contribution in [-0.4, -0.2) is 28.0 Å². The third-order valence-corrected chi connectivity index (χ3v) is 4.50. The molecule has 0 bridgehead atoms. The third kappa shape index (κ3) is 2.15. The first-order valence-electron chi connectivity index (χ1n) is 7.76. The Balaban J connectivity index is 1.87. The Morgan fingerprint density at radius 3 is 3.14 bits per heavy atom. The first-order chi connectivity index (χ1) is 10.3. The molecule has 2 aliphatic rings. The Bertz CT molecular complexity index is 726. The zero-order chi connectivity index (χ0) is 14.2. The van der Waals surface area contributed by atoms with Gasteiger partial charge in [-0.2, -0.15) is 0 Å². The molecule has 1 atom stereocenters. The standard InChI is InChI=1S/C17H20N4/c1-12-6-5-9-21(10-12)17-15-13-7-3-2-4-8-14(13)20-16(15)18-11-19-17/h2-4,8,11-12H,5-7,9-10H2,1H3,(H,18,19,20). The molecule has 1 fully saturated rings. The Kier molecular flexibility index (Phi) is 3.02. The smallest absolute Gasteiger partial charge is 0.143 e. The summed E-state index contributed by atoms with van der Waals surface area (Å²) in [6.07, 6.45) is 13.7. The maximum absolute atomic E-state index is 4.62. The molecule has 4 heteroatoms. The van der Waals surface area contributed by atoms with E-state index in [2.05, 4.69) is 51.1 Å². The summed E-state index contributed by atoms with van der Waals surface area (Å²) >= 11 is 0. The first kappa shape index (κ1) is 12.6. The second-order valence-corrected chi connectivity index (χ2v) is 6.12. The third-order valence-electron chi connectivity index (χ3n) is 4.50. The van der Waals surface area contributed by atoms with Crippen LogP contribution in [0.4, 0.5) is 5.82 Å². The van der Waals surface area contributed by atoms with Crippen LogP contribution in [0.1, 0.15) is 31.0 Å². The van der Waals surface area contributed by atoms with Gasteiger partial charge in [0, 0.05) is 18.8 Å². The van der Waals surface area contributed by atoms with Gasteiger partial charge in [0.2, 0.25) is 0 Å². The Labute approximate surface area is 124 Å². The van der Waals surface area contributed by atoms with Gasteiger partial charge in [0.05, 0.1) is 5.39 Å². The van der Waals surface area contributed by atoms with Crippen molar-refractivity contribution in [2.45, 2.75) is 26.2 Å². The highest BCUT2D eigenvalue weighted by Gasteiger charge is 2.23. The number of allylic oxidation sites excluding steroid dienone is 3. The van der Waals surface area contributed by atoms with Gasteiger partial charge in [-0.3, -0.25) is 0 Å². The highest BCUT2D eigenvalue weighted by molar-refractivity contribution is 5.94. The zero-order valence-corrected chi connectivity index (χ0v) is 12.3. The average molecular weight is 280 g/mol. The summed E-state index contributed by atoms with van der Waals surface area (Å²) in [7, 11) is 0. The summed E-state index contributed by atoms with van der Waals surface area (Å²) in [5.41, 5.74) is 3.45. The van der Waals surface area contributed by atoms with Crippen LogP contribution in [0.5, 0.6) is 0 Å². The first-order valence-corrected chi connectivity index (χ1v) is 7.76. The van der Waals surface area contributed by atoms with E-state index >= 15 is 0 Å². The maximum atomic E-state index is 4.62. The molecule has 21 heavy (non-hydrogen) atoms. The lowest BCUT2D eigenvalue weighted by molar-refractivity contribution is 0.445. The van der Waals surface area contributed by atoms with Crippen LogP contribution in [0.3, 0.4) is 0 Å². The minimum absolute atomic E-state index is 0.737. The topological polar surface area (TPSA) is 44.8 Å². The van der Waals surface area contributed by atoms with Crippen molar-refractivity contribution in [1.29, 1.82) is 0 Å². The molecule has 1 N–H and O–H groups in total. The molecule has 0 spiro atoms. The lowest BCUT2D eigenvalue weighted by Gasteiger charge is -2.32. The van der Waals surface area contributed by atoms with Crippen molar-refractivity contribution in [1.82, 2.24) is 15.0 Å². The monoisotopic (exact) mass is 280 g/mol. The van der Waals surface area contributed by atoms with Crippen molar-refractivity contribution in [3.63, 3.8) is 0 Å². The summed E-state index contributed by atoms with van der Waals surface area (Å²) in [5, 5.41) is 1.21. The van der Waals surface area contributed by atoms with Crippen LogP contribution < -0.4 is 4.90 Å². The normalized spacial score (nSPS) is 21.6. The SMILES string of the molecule is CC1CCCN(c2ncnc3[nH]c4c(c23)CC=CC=C4)C1. The second kappa shape index (κ2) is 5.02. The van der Waals surface area contributed by atoms with E-state index in [0.29, 0.717) is 0 Å². The number of nitrogens with zero attached hydrogens (tertiary/aromatic N) is 3. The minimum Gasteiger partial charge on any atom is -0.356 e. The van der Waals surface area contributed by atoms with Gasteiger partial charge in [-0.15, -0.1) is 0 Å². The molecule has 0 amide bonds. The summed E-state index contributed by atoms with van der Waals surface area (Å²) in [4.78, 5) is 14.9. The lowest BCUT2D eigenvalue weighted by Crippen LogP contribution is -2.35. The lowest BCUT2D eigenvalue weighted by atomic mass is 9.99. The number of anilines is 1. The molecule has 2 aromatic rings. The highest BCUT2D eigenvalue weighted by atomic mass is 15.2. The van der Waals surface area contributed by atoms with Crippen LogP contribution in [0.25, 0.3) is 17.1 Å². The van der Waals surface area contributed by atoms with E-state index in [0.717, 1.165) is 36.9 Å². The van der Waals surface area contributed by atoms with Gasteiger partial charge < -0.3 is 9.88 Å². The minimum atomic E-state index is 0.737. The Morgan fingerprint density at radius 1 is 1.29 bits per heavy atom. The van der Waals surface area contributed by atoms with Gasteiger partial charge >= 0.3 is 0 Å². The van der Waals surface area contributed by atoms with E-state index in [1.807, 2.05) is 0 Å². The predicted molar refractivity (Wildman–Crippen MR) is 86.4 cm³/mol. The summed E-state index contributed by atoms with van der Waals surface area (Å²) in [6.45, 7) is 4.52. The molecule has 108 valence electrons. The van der Waals surface area contributed by atoms with Gasteiger partial charge in [-0.1, -0.05) is 25.2 Å². The number of nitrogens with one attached hydrogen (secondary N) is 1. The van der Waals surface area contributed by atoms with E-state index in [1.54, 1.807) is 6.33 Å². The Morgan fingerprint density at radius 2 is 2.24 bits per heavy atom. The molecular formula is C17H20N4. The van der Waals surface area contributed by atoms with Gasteiger partial charge in [-0.25, -0.2) is 9.97 Å². The molecule has 0 saturated carbocycles.